The molecular formula is C22H28O2S2. The Morgan fingerprint density at radius 3 is 2.65 bits per heavy atom. The summed E-state index contributed by atoms with van der Waals surface area (Å²) in [5.74, 6) is 1.65. The predicted molar refractivity (Wildman–Crippen MR) is 115 cm³/mol. The third-order valence-electron chi connectivity index (χ3n) is 3.94. The first-order chi connectivity index (χ1) is 14.4. The molecular weight excluding hydrogens is 360 g/mol. The van der Waals surface area contributed by atoms with Gasteiger partial charge in [-0.3, -0.25) is 4.79 Å². The molecule has 0 radical (unpaired) electrons. The number of rotatable bonds is 13. The van der Waals surface area contributed by atoms with Crippen molar-refractivity contribution in [3.8, 4) is 0 Å². The van der Waals surface area contributed by atoms with E-state index in [1.165, 1.54) is 11.6 Å². The summed E-state index contributed by atoms with van der Waals surface area (Å²) < 4.78 is 31.2. The molecule has 0 spiro atoms. The van der Waals surface area contributed by atoms with Gasteiger partial charge < -0.3 is 5.11 Å². The zero-order chi connectivity index (χ0) is 21.9. The van der Waals surface area contributed by atoms with Gasteiger partial charge in [0.25, 0.3) is 0 Å². The second-order valence-electron chi connectivity index (χ2n) is 6.09. The fourth-order valence-corrected chi connectivity index (χ4v) is 4.89. The number of hydrogen-bond acceptors (Lipinski definition) is 3. The lowest BCUT2D eigenvalue weighted by molar-refractivity contribution is -0.137. The van der Waals surface area contributed by atoms with Crippen LogP contribution in [0.15, 0.2) is 60.6 Å². The van der Waals surface area contributed by atoms with E-state index >= 15 is 0 Å². The normalized spacial score (nSPS) is 14.2. The van der Waals surface area contributed by atoms with Crippen LogP contribution in [0, 0.1) is 0 Å². The maximum absolute atomic E-state index is 10.7. The van der Waals surface area contributed by atoms with Crippen LogP contribution in [0.4, 0.5) is 0 Å². The van der Waals surface area contributed by atoms with E-state index in [9.17, 15) is 4.79 Å². The average Bonchev–Trinajstić information content (AvgIpc) is 2.74. The van der Waals surface area contributed by atoms with Crippen molar-refractivity contribution in [2.75, 3.05) is 5.75 Å². The summed E-state index contributed by atoms with van der Waals surface area (Å²) in [7, 11) is 0. The third kappa shape index (κ3) is 9.35. The van der Waals surface area contributed by atoms with Gasteiger partial charge in [-0.25, -0.2) is 0 Å². The minimum atomic E-state index is -0.744. The summed E-state index contributed by atoms with van der Waals surface area (Å²) in [5, 5.41) is 9.27. The molecule has 0 heterocycles. The predicted octanol–water partition coefficient (Wildman–Crippen LogP) is 6.26. The molecule has 0 fully saturated rings. The summed E-state index contributed by atoms with van der Waals surface area (Å²) in [5.41, 5.74) is 1.92. The Kier molecular flexibility index (Phi) is 7.75. The number of thioether (sulfide) groups is 2. The number of aliphatic carboxylic acids is 1. The SMILES string of the molecule is [2H]c1cc(CSCCC(CCCCC(=O)O)SCc2ccccc2)c([2H])c([2H])c1[2H]. The highest BCUT2D eigenvalue weighted by Gasteiger charge is 2.10. The Morgan fingerprint density at radius 1 is 1.00 bits per heavy atom. The van der Waals surface area contributed by atoms with Crippen molar-refractivity contribution in [2.45, 2.75) is 48.9 Å². The van der Waals surface area contributed by atoms with E-state index in [2.05, 4.69) is 12.1 Å². The zero-order valence-electron chi connectivity index (χ0n) is 18.9. The number of unbranched alkanes of at least 4 members (excludes halogenated alkanes) is 1. The lowest BCUT2D eigenvalue weighted by Gasteiger charge is -2.16. The third-order valence-corrected chi connectivity index (χ3v) is 6.42. The summed E-state index contributed by atoms with van der Waals surface area (Å²) in [6.45, 7) is 0. The summed E-state index contributed by atoms with van der Waals surface area (Å²) in [4.78, 5) is 10.7. The van der Waals surface area contributed by atoms with Crippen LogP contribution in [0.25, 0.3) is 0 Å². The molecule has 0 saturated heterocycles. The van der Waals surface area contributed by atoms with E-state index in [1.54, 1.807) is 11.8 Å². The molecule has 2 nitrogen and oxygen atoms in total. The van der Waals surface area contributed by atoms with Crippen LogP contribution < -0.4 is 0 Å². The van der Waals surface area contributed by atoms with Crippen LogP contribution in [0.3, 0.4) is 0 Å². The molecule has 1 N–H and O–H groups in total. The van der Waals surface area contributed by atoms with Gasteiger partial charge in [-0.05, 0) is 36.1 Å². The van der Waals surface area contributed by atoms with Crippen molar-refractivity contribution in [2.24, 2.45) is 0 Å². The van der Waals surface area contributed by atoms with Gasteiger partial charge in [0, 0.05) is 23.2 Å². The number of carbonyl (C=O) groups is 1. The lowest BCUT2D eigenvalue weighted by atomic mass is 10.1. The average molecular weight is 393 g/mol. The summed E-state index contributed by atoms with van der Waals surface area (Å²) in [6, 6.07) is 11.5. The minimum Gasteiger partial charge on any atom is -0.481 e. The van der Waals surface area contributed by atoms with Crippen molar-refractivity contribution in [3.05, 3.63) is 71.7 Å². The molecule has 0 aliphatic carbocycles. The first-order valence-electron chi connectivity index (χ1n) is 10.9. The molecule has 0 aliphatic rings. The highest BCUT2D eigenvalue weighted by molar-refractivity contribution is 7.99. The minimum absolute atomic E-state index is 0.00123. The van der Waals surface area contributed by atoms with E-state index in [-0.39, 0.29) is 30.6 Å². The molecule has 4 heteroatoms. The Morgan fingerprint density at radius 2 is 1.85 bits per heavy atom. The number of hydrogen-bond donors (Lipinski definition) is 1. The Hall–Kier alpha value is -1.39. The number of carboxylic acid groups (broad SMARTS) is 1. The molecule has 1 atom stereocenters. The van der Waals surface area contributed by atoms with E-state index < -0.39 is 5.97 Å². The number of carboxylic acids is 1. The van der Waals surface area contributed by atoms with Gasteiger partial charge >= 0.3 is 5.97 Å². The molecule has 2 aromatic carbocycles. The molecule has 0 amide bonds. The Bertz CT molecular complexity index is 819. The van der Waals surface area contributed by atoms with E-state index in [0.717, 1.165) is 30.8 Å². The van der Waals surface area contributed by atoms with Crippen LogP contribution in [-0.2, 0) is 16.3 Å². The zero-order valence-corrected chi connectivity index (χ0v) is 16.5. The largest absolute Gasteiger partial charge is 0.481 e. The smallest absolute Gasteiger partial charge is 0.303 e. The standard InChI is InChI=1S/C22H28O2S2/c23-22(24)14-8-7-13-21(26-18-20-11-5-2-6-12-20)15-16-25-17-19-9-3-1-4-10-19/h1-6,9-12,21H,7-8,13-18H2,(H,23,24)/i1D,3D,4D,9D. The van der Waals surface area contributed by atoms with Gasteiger partial charge in [0.15, 0.2) is 0 Å². The Balaban J connectivity index is 1.84. The monoisotopic (exact) mass is 392 g/mol. The number of benzene rings is 2. The highest BCUT2D eigenvalue weighted by atomic mass is 32.2. The molecule has 0 saturated carbocycles. The Labute approximate surface area is 171 Å². The first kappa shape index (κ1) is 15.6. The highest BCUT2D eigenvalue weighted by Crippen LogP contribution is 2.27. The van der Waals surface area contributed by atoms with Crippen LogP contribution in [0.2, 0.25) is 0 Å². The van der Waals surface area contributed by atoms with Gasteiger partial charge in [-0.1, -0.05) is 67.0 Å². The van der Waals surface area contributed by atoms with Gasteiger partial charge in [-0.15, -0.1) is 0 Å². The second-order valence-corrected chi connectivity index (χ2v) is 8.48. The molecule has 2 rings (SSSR count). The second kappa shape index (κ2) is 12.9. The first-order valence-corrected chi connectivity index (χ1v) is 11.1. The van der Waals surface area contributed by atoms with Crippen molar-refractivity contribution in [1.82, 2.24) is 0 Å². The quantitative estimate of drug-likeness (QED) is 0.408. The van der Waals surface area contributed by atoms with Crippen molar-refractivity contribution in [1.29, 1.82) is 0 Å². The molecule has 0 aromatic heterocycles. The van der Waals surface area contributed by atoms with Crippen LogP contribution in [0.5, 0.6) is 0 Å². The fourth-order valence-electron chi connectivity index (χ4n) is 2.53. The maximum Gasteiger partial charge on any atom is 0.303 e. The van der Waals surface area contributed by atoms with Crippen molar-refractivity contribution in [3.63, 3.8) is 0 Å². The lowest BCUT2D eigenvalue weighted by Crippen LogP contribution is -2.06. The van der Waals surface area contributed by atoms with Crippen LogP contribution in [-0.4, -0.2) is 22.1 Å². The van der Waals surface area contributed by atoms with E-state index in [0.29, 0.717) is 23.0 Å². The molecule has 26 heavy (non-hydrogen) atoms. The summed E-state index contributed by atoms with van der Waals surface area (Å²) >= 11 is 3.59. The van der Waals surface area contributed by atoms with Gasteiger partial charge in [0.05, 0.1) is 5.48 Å². The van der Waals surface area contributed by atoms with E-state index in [4.69, 9.17) is 10.6 Å². The molecule has 2 aromatic rings. The van der Waals surface area contributed by atoms with Crippen molar-refractivity contribution >= 4 is 29.5 Å². The molecule has 0 aliphatic heterocycles. The van der Waals surface area contributed by atoms with Crippen molar-refractivity contribution < 1.29 is 15.4 Å². The van der Waals surface area contributed by atoms with Gasteiger partial charge in [-0.2, -0.15) is 23.5 Å². The molecule has 0 bridgehead atoms. The van der Waals surface area contributed by atoms with Crippen LogP contribution in [0.1, 0.15) is 48.7 Å². The fraction of sp³-hybridized carbons (Fsp3) is 0.409. The topological polar surface area (TPSA) is 37.3 Å². The van der Waals surface area contributed by atoms with Crippen LogP contribution >= 0.6 is 23.5 Å². The van der Waals surface area contributed by atoms with Gasteiger partial charge in [0.1, 0.15) is 0 Å². The van der Waals surface area contributed by atoms with E-state index in [1.807, 2.05) is 30.0 Å². The maximum atomic E-state index is 10.7. The molecule has 1 unspecified atom stereocenters. The van der Waals surface area contributed by atoms with Gasteiger partial charge in [0.2, 0.25) is 0 Å². The molecule has 140 valence electrons. The summed E-state index contributed by atoms with van der Waals surface area (Å²) in [6.07, 6.45) is 3.78.